The minimum atomic E-state index is 1.13. The third-order valence-corrected chi connectivity index (χ3v) is 3.33. The monoisotopic (exact) mass is 190 g/mol. The summed E-state index contributed by atoms with van der Waals surface area (Å²) in [7, 11) is 0. The Kier molecular flexibility index (Phi) is 8.88. The molecule has 0 aliphatic carbocycles. The highest BCUT2D eigenvalue weighted by molar-refractivity contribution is 7.99. The van der Waals surface area contributed by atoms with Gasteiger partial charge in [0.15, 0.2) is 0 Å². The fraction of sp³-hybridized carbons (Fsp3) is 0.778. The zero-order valence-corrected chi connectivity index (χ0v) is 9.19. The van der Waals surface area contributed by atoms with Gasteiger partial charge in [-0.2, -0.15) is 23.5 Å². The third kappa shape index (κ3) is 8.35. The van der Waals surface area contributed by atoms with Crippen molar-refractivity contribution in [1.29, 1.82) is 0 Å². The van der Waals surface area contributed by atoms with Gasteiger partial charge in [-0.3, -0.25) is 0 Å². The second-order valence-electron chi connectivity index (χ2n) is 2.50. The molecule has 0 amide bonds. The van der Waals surface area contributed by atoms with E-state index in [1.54, 1.807) is 0 Å². The standard InChI is InChI=1S/C9H18S2/c1-4-9(2)8-11-7-5-6-10-3/h2,4-8H2,1,3H3. The molecule has 0 unspecified atom stereocenters. The van der Waals surface area contributed by atoms with Gasteiger partial charge in [-0.1, -0.05) is 19.1 Å². The molecular weight excluding hydrogens is 172 g/mol. The molecule has 0 N–H and O–H groups in total. The molecule has 0 saturated heterocycles. The van der Waals surface area contributed by atoms with Gasteiger partial charge >= 0.3 is 0 Å². The molecule has 0 bridgehead atoms. The zero-order chi connectivity index (χ0) is 8.53. The minimum absolute atomic E-state index is 1.13. The van der Waals surface area contributed by atoms with E-state index in [4.69, 9.17) is 0 Å². The molecule has 0 aliphatic heterocycles. The van der Waals surface area contributed by atoms with Crippen molar-refractivity contribution in [2.24, 2.45) is 0 Å². The predicted molar refractivity (Wildman–Crippen MR) is 59.8 cm³/mol. The molecule has 0 spiro atoms. The lowest BCUT2D eigenvalue weighted by Crippen LogP contribution is -1.87. The van der Waals surface area contributed by atoms with E-state index in [-0.39, 0.29) is 0 Å². The van der Waals surface area contributed by atoms with Crippen LogP contribution in [0.4, 0.5) is 0 Å². The molecule has 0 aromatic heterocycles. The van der Waals surface area contributed by atoms with E-state index in [0.717, 1.165) is 12.2 Å². The molecule has 0 nitrogen and oxygen atoms in total. The molecule has 66 valence electrons. The Morgan fingerprint density at radius 3 is 2.64 bits per heavy atom. The molecule has 0 aromatic carbocycles. The normalized spacial score (nSPS) is 10.0. The van der Waals surface area contributed by atoms with Crippen molar-refractivity contribution in [1.82, 2.24) is 0 Å². The van der Waals surface area contributed by atoms with Crippen LogP contribution in [-0.2, 0) is 0 Å². The lowest BCUT2D eigenvalue weighted by molar-refractivity contribution is 1.10. The van der Waals surface area contributed by atoms with Crippen LogP contribution in [-0.4, -0.2) is 23.5 Å². The van der Waals surface area contributed by atoms with Gasteiger partial charge in [0, 0.05) is 5.75 Å². The molecule has 2 heteroatoms. The van der Waals surface area contributed by atoms with Gasteiger partial charge in [0.1, 0.15) is 0 Å². The largest absolute Gasteiger partial charge is 0.165 e. The van der Waals surface area contributed by atoms with E-state index in [1.807, 2.05) is 23.5 Å². The van der Waals surface area contributed by atoms with Crippen LogP contribution in [0, 0.1) is 0 Å². The van der Waals surface area contributed by atoms with Crippen molar-refractivity contribution in [2.45, 2.75) is 19.8 Å². The maximum Gasteiger partial charge on any atom is 0.0140 e. The van der Waals surface area contributed by atoms with Gasteiger partial charge in [0.2, 0.25) is 0 Å². The number of hydrogen-bond donors (Lipinski definition) is 0. The van der Waals surface area contributed by atoms with Crippen LogP contribution in [0.15, 0.2) is 12.2 Å². The Morgan fingerprint density at radius 1 is 1.36 bits per heavy atom. The van der Waals surface area contributed by atoms with Crippen molar-refractivity contribution in [3.8, 4) is 0 Å². The average Bonchev–Trinajstić information content (AvgIpc) is 2.04. The topological polar surface area (TPSA) is 0 Å². The second-order valence-corrected chi connectivity index (χ2v) is 4.59. The smallest absolute Gasteiger partial charge is 0.0140 e. The number of thioether (sulfide) groups is 2. The van der Waals surface area contributed by atoms with Crippen molar-refractivity contribution in [3.05, 3.63) is 12.2 Å². The highest BCUT2D eigenvalue weighted by Gasteiger charge is 1.91. The van der Waals surface area contributed by atoms with Crippen LogP contribution in [0.25, 0.3) is 0 Å². The Balaban J connectivity index is 2.95. The summed E-state index contributed by atoms with van der Waals surface area (Å²) in [6.45, 7) is 6.14. The van der Waals surface area contributed by atoms with Crippen LogP contribution in [0.3, 0.4) is 0 Å². The molecule has 0 atom stereocenters. The van der Waals surface area contributed by atoms with E-state index in [1.165, 1.54) is 23.5 Å². The third-order valence-electron chi connectivity index (χ3n) is 1.44. The molecule has 0 heterocycles. The first-order valence-corrected chi connectivity index (χ1v) is 6.59. The summed E-state index contributed by atoms with van der Waals surface area (Å²) >= 11 is 3.94. The number of rotatable bonds is 7. The highest BCUT2D eigenvalue weighted by Crippen LogP contribution is 2.11. The van der Waals surface area contributed by atoms with Crippen molar-refractivity contribution < 1.29 is 0 Å². The summed E-state index contributed by atoms with van der Waals surface area (Å²) in [6.07, 6.45) is 4.63. The van der Waals surface area contributed by atoms with Crippen molar-refractivity contribution in [3.63, 3.8) is 0 Å². The van der Waals surface area contributed by atoms with Gasteiger partial charge < -0.3 is 0 Å². The summed E-state index contributed by atoms with van der Waals surface area (Å²) in [4.78, 5) is 0. The maximum atomic E-state index is 3.96. The van der Waals surface area contributed by atoms with Crippen molar-refractivity contribution in [2.75, 3.05) is 23.5 Å². The molecular formula is C9H18S2. The molecule has 0 radical (unpaired) electrons. The first-order valence-electron chi connectivity index (χ1n) is 4.04. The van der Waals surface area contributed by atoms with Gasteiger partial charge in [0.05, 0.1) is 0 Å². The summed E-state index contributed by atoms with van der Waals surface area (Å²) < 4.78 is 0. The van der Waals surface area contributed by atoms with E-state index in [0.29, 0.717) is 0 Å². The molecule has 0 rings (SSSR count). The lowest BCUT2D eigenvalue weighted by atomic mass is 10.3. The minimum Gasteiger partial charge on any atom is -0.165 e. The Morgan fingerprint density at radius 2 is 2.09 bits per heavy atom. The quantitative estimate of drug-likeness (QED) is 0.445. The molecule has 0 saturated carbocycles. The van der Waals surface area contributed by atoms with E-state index in [9.17, 15) is 0 Å². The fourth-order valence-corrected chi connectivity index (χ4v) is 2.23. The zero-order valence-electron chi connectivity index (χ0n) is 7.56. The first kappa shape index (κ1) is 11.4. The van der Waals surface area contributed by atoms with Gasteiger partial charge in [-0.05, 0) is 30.6 Å². The molecule has 0 aromatic rings. The highest BCUT2D eigenvalue weighted by atomic mass is 32.2. The Labute approximate surface area is 79.2 Å². The molecule has 0 aliphatic rings. The summed E-state index contributed by atoms with van der Waals surface area (Å²) in [5.74, 6) is 3.75. The molecule has 0 fully saturated rings. The van der Waals surface area contributed by atoms with Crippen LogP contribution < -0.4 is 0 Å². The van der Waals surface area contributed by atoms with Gasteiger partial charge in [0.25, 0.3) is 0 Å². The van der Waals surface area contributed by atoms with Crippen LogP contribution in [0.1, 0.15) is 19.8 Å². The average molecular weight is 190 g/mol. The summed E-state index contributed by atoms with van der Waals surface area (Å²) in [5.41, 5.74) is 1.37. The second kappa shape index (κ2) is 8.54. The maximum absolute atomic E-state index is 3.96. The van der Waals surface area contributed by atoms with Crippen LogP contribution in [0.5, 0.6) is 0 Å². The number of hydrogen-bond acceptors (Lipinski definition) is 2. The SMILES string of the molecule is C=C(CC)CSCCCSC. The van der Waals surface area contributed by atoms with E-state index >= 15 is 0 Å². The predicted octanol–water partition coefficient (Wildman–Crippen LogP) is 3.44. The van der Waals surface area contributed by atoms with Crippen LogP contribution in [0.2, 0.25) is 0 Å². The van der Waals surface area contributed by atoms with Gasteiger partial charge in [-0.25, -0.2) is 0 Å². The lowest BCUT2D eigenvalue weighted by Gasteiger charge is -2.01. The summed E-state index contributed by atoms with van der Waals surface area (Å²) in [6, 6.07) is 0. The van der Waals surface area contributed by atoms with E-state index in [2.05, 4.69) is 19.8 Å². The Bertz CT molecular complexity index is 99.7. The van der Waals surface area contributed by atoms with Crippen LogP contribution >= 0.6 is 23.5 Å². The fourth-order valence-electron chi connectivity index (χ4n) is 0.624. The summed E-state index contributed by atoms with van der Waals surface area (Å²) in [5, 5.41) is 0. The van der Waals surface area contributed by atoms with Crippen molar-refractivity contribution >= 4 is 23.5 Å². The first-order chi connectivity index (χ1) is 5.31. The Hall–Kier alpha value is 0.440. The van der Waals surface area contributed by atoms with Gasteiger partial charge in [-0.15, -0.1) is 0 Å². The molecule has 11 heavy (non-hydrogen) atoms. The van der Waals surface area contributed by atoms with E-state index < -0.39 is 0 Å².